The first-order chi connectivity index (χ1) is 27.8. The number of allylic oxidation sites excluding steroid dienone is 5. The molecule has 57 heavy (non-hydrogen) atoms. The van der Waals surface area contributed by atoms with Crippen molar-refractivity contribution in [1.29, 1.82) is 0 Å². The number of rotatable bonds is 5. The van der Waals surface area contributed by atoms with Gasteiger partial charge in [-0.05, 0) is 103 Å². The molecule has 2 atom stereocenters. The summed E-state index contributed by atoms with van der Waals surface area (Å²) in [5, 5.41) is 0. The van der Waals surface area contributed by atoms with Crippen molar-refractivity contribution >= 4 is 23.1 Å². The van der Waals surface area contributed by atoms with Crippen molar-refractivity contribution in [3.63, 3.8) is 0 Å². The topological polar surface area (TPSA) is 3.24 Å². The van der Waals surface area contributed by atoms with E-state index in [1.165, 1.54) is 77.9 Å². The van der Waals surface area contributed by atoms with Crippen LogP contribution >= 0.6 is 0 Å². The van der Waals surface area contributed by atoms with Crippen molar-refractivity contribution in [1.82, 2.24) is 0 Å². The van der Waals surface area contributed by atoms with Crippen molar-refractivity contribution < 1.29 is 0 Å². The normalized spacial score (nSPS) is 18.2. The second kappa shape index (κ2) is 12.5. The summed E-state index contributed by atoms with van der Waals surface area (Å²) in [4.78, 5) is 2.51. The molecule has 7 aromatic carbocycles. The molecule has 4 aliphatic rings. The minimum Gasteiger partial charge on any atom is -0.310 e. The summed E-state index contributed by atoms with van der Waals surface area (Å²) in [6.45, 7) is 9.52. The first kappa shape index (κ1) is 33.9. The fourth-order valence-corrected chi connectivity index (χ4v) is 10.7. The first-order valence-corrected chi connectivity index (χ1v) is 20.4. The average molecular weight is 732 g/mol. The maximum absolute atomic E-state index is 2.51. The molecule has 0 bridgehead atoms. The van der Waals surface area contributed by atoms with Crippen LogP contribution in [0, 0.1) is 5.92 Å². The molecule has 0 amide bonds. The Bertz CT molecular complexity index is 2880. The van der Waals surface area contributed by atoms with Gasteiger partial charge in [0, 0.05) is 39.6 Å². The Hall–Kier alpha value is -6.44. The van der Waals surface area contributed by atoms with Gasteiger partial charge < -0.3 is 4.90 Å². The monoisotopic (exact) mass is 731 g/mol. The Morgan fingerprint density at radius 2 is 1.05 bits per heavy atom. The molecule has 0 saturated carbocycles. The van der Waals surface area contributed by atoms with Gasteiger partial charge in [-0.1, -0.05) is 185 Å². The van der Waals surface area contributed by atoms with E-state index in [0.29, 0.717) is 11.8 Å². The molecular formula is C56H45N. The van der Waals surface area contributed by atoms with Crippen molar-refractivity contribution in [2.45, 2.75) is 44.4 Å². The van der Waals surface area contributed by atoms with Gasteiger partial charge in [0.25, 0.3) is 0 Å². The van der Waals surface area contributed by atoms with Gasteiger partial charge in [0.15, 0.2) is 0 Å². The number of hydrogen-bond donors (Lipinski definition) is 0. The average Bonchev–Trinajstić information content (AvgIpc) is 3.63. The van der Waals surface area contributed by atoms with Crippen LogP contribution in [0.3, 0.4) is 0 Å². The lowest BCUT2D eigenvalue weighted by atomic mass is 9.75. The standard InChI is InChI=1S/C56H45N/c1-55(2)50-27-10-7-20-45(50)47-33-31-39(35-52(47)55)57(53-29-12-9-22-48(53)43-25-15-24-42-40-19-6-5-16-36(40)30-32-44(42)43)38-18-13-17-37(34-38)41-23-14-26-49-46-21-8-11-28-51(46)56(3,4)54(41)49/h5-36,40H,1-4H3. The molecule has 4 aliphatic carbocycles. The van der Waals surface area contributed by atoms with E-state index >= 15 is 0 Å². The van der Waals surface area contributed by atoms with Crippen LogP contribution in [-0.2, 0) is 10.8 Å². The molecule has 0 N–H and O–H groups in total. The predicted molar refractivity (Wildman–Crippen MR) is 241 cm³/mol. The smallest absolute Gasteiger partial charge is 0.0540 e. The van der Waals surface area contributed by atoms with E-state index in [9.17, 15) is 0 Å². The van der Waals surface area contributed by atoms with E-state index in [1.54, 1.807) is 0 Å². The number of hydrogen-bond acceptors (Lipinski definition) is 1. The quantitative estimate of drug-likeness (QED) is 0.170. The van der Waals surface area contributed by atoms with Crippen LogP contribution in [0.25, 0.3) is 50.6 Å². The summed E-state index contributed by atoms with van der Waals surface area (Å²) >= 11 is 0. The molecule has 0 spiro atoms. The molecule has 0 heterocycles. The SMILES string of the molecule is CC1(C)c2ccccc2-c2ccc(N(c3cccc(-c4cccc5c4C(C)(C)c4ccccc4-5)c3)c3ccccc3-c3cccc4c3C=CC3C=CC=CC43)cc21. The molecule has 0 radical (unpaired) electrons. The Balaban J connectivity index is 1.12. The van der Waals surface area contributed by atoms with Crippen LogP contribution in [0.2, 0.25) is 0 Å². The van der Waals surface area contributed by atoms with Crippen molar-refractivity contribution in [2.24, 2.45) is 5.92 Å². The highest BCUT2D eigenvalue weighted by atomic mass is 15.1. The van der Waals surface area contributed by atoms with E-state index in [-0.39, 0.29) is 10.8 Å². The number of benzene rings is 7. The minimum absolute atomic E-state index is 0.117. The van der Waals surface area contributed by atoms with Crippen LogP contribution < -0.4 is 4.90 Å². The number of nitrogens with zero attached hydrogens (tertiary/aromatic N) is 1. The molecule has 0 saturated heterocycles. The minimum atomic E-state index is -0.123. The largest absolute Gasteiger partial charge is 0.310 e. The summed E-state index contributed by atoms with van der Waals surface area (Å²) in [6, 6.07) is 57.1. The fourth-order valence-electron chi connectivity index (χ4n) is 10.7. The van der Waals surface area contributed by atoms with Crippen molar-refractivity contribution in [2.75, 3.05) is 4.90 Å². The van der Waals surface area contributed by atoms with Crippen molar-refractivity contribution in [3.05, 3.63) is 215 Å². The van der Waals surface area contributed by atoms with Gasteiger partial charge in [-0.15, -0.1) is 0 Å². The van der Waals surface area contributed by atoms with E-state index in [1.807, 2.05) is 0 Å². The Kier molecular flexibility index (Phi) is 7.45. The van der Waals surface area contributed by atoms with Crippen LogP contribution in [0.1, 0.15) is 67.0 Å². The summed E-state index contributed by atoms with van der Waals surface area (Å²) in [6.07, 6.45) is 13.8. The second-order valence-electron chi connectivity index (χ2n) is 17.2. The van der Waals surface area contributed by atoms with Crippen molar-refractivity contribution in [3.8, 4) is 44.5 Å². The second-order valence-corrected chi connectivity index (χ2v) is 17.2. The van der Waals surface area contributed by atoms with Gasteiger partial charge >= 0.3 is 0 Å². The number of anilines is 3. The molecule has 1 heteroatoms. The zero-order valence-electron chi connectivity index (χ0n) is 33.0. The molecule has 7 aromatic rings. The maximum Gasteiger partial charge on any atom is 0.0540 e. The lowest BCUT2D eigenvalue weighted by Crippen LogP contribution is -2.17. The molecule has 11 rings (SSSR count). The van der Waals surface area contributed by atoms with E-state index in [4.69, 9.17) is 0 Å². The van der Waals surface area contributed by atoms with Crippen LogP contribution in [-0.4, -0.2) is 0 Å². The Labute approximate surface area is 337 Å². The van der Waals surface area contributed by atoms with Gasteiger partial charge in [-0.2, -0.15) is 0 Å². The summed E-state index contributed by atoms with van der Waals surface area (Å²) < 4.78 is 0. The molecular weight excluding hydrogens is 687 g/mol. The van der Waals surface area contributed by atoms with E-state index in [2.05, 4.69) is 221 Å². The summed E-state index contributed by atoms with van der Waals surface area (Å²) in [7, 11) is 0. The van der Waals surface area contributed by atoms with E-state index < -0.39 is 0 Å². The van der Waals surface area contributed by atoms with Crippen LogP contribution in [0.15, 0.2) is 182 Å². The maximum atomic E-state index is 2.51. The van der Waals surface area contributed by atoms with Gasteiger partial charge in [0.2, 0.25) is 0 Å². The summed E-state index contributed by atoms with van der Waals surface area (Å²) in [5.74, 6) is 0.738. The third-order valence-corrected chi connectivity index (χ3v) is 13.4. The molecule has 1 nitrogen and oxygen atoms in total. The fraction of sp³-hybridized carbons (Fsp3) is 0.143. The highest BCUT2D eigenvalue weighted by Gasteiger charge is 2.38. The molecule has 0 aromatic heterocycles. The highest BCUT2D eigenvalue weighted by molar-refractivity contribution is 5.95. The zero-order valence-corrected chi connectivity index (χ0v) is 33.0. The Morgan fingerprint density at radius 1 is 0.439 bits per heavy atom. The third kappa shape index (κ3) is 5.01. The number of para-hydroxylation sites is 1. The molecule has 2 unspecified atom stereocenters. The Morgan fingerprint density at radius 3 is 1.89 bits per heavy atom. The van der Waals surface area contributed by atoms with Gasteiger partial charge in [0.1, 0.15) is 0 Å². The number of fused-ring (bicyclic) bond motifs is 9. The lowest BCUT2D eigenvalue weighted by molar-refractivity contribution is 0.660. The van der Waals surface area contributed by atoms with Gasteiger partial charge in [0.05, 0.1) is 5.69 Å². The zero-order chi connectivity index (χ0) is 38.5. The van der Waals surface area contributed by atoms with E-state index in [0.717, 1.165) is 17.1 Å². The summed E-state index contributed by atoms with van der Waals surface area (Å²) in [5.41, 5.74) is 21.8. The predicted octanol–water partition coefficient (Wildman–Crippen LogP) is 15.0. The molecule has 274 valence electrons. The molecule has 0 aliphatic heterocycles. The van der Waals surface area contributed by atoms with Gasteiger partial charge in [-0.3, -0.25) is 0 Å². The van der Waals surface area contributed by atoms with Gasteiger partial charge in [-0.25, -0.2) is 0 Å². The third-order valence-electron chi connectivity index (χ3n) is 13.4. The highest BCUT2D eigenvalue weighted by Crippen LogP contribution is 2.54. The van der Waals surface area contributed by atoms with Crippen LogP contribution in [0.5, 0.6) is 0 Å². The van der Waals surface area contributed by atoms with Crippen LogP contribution in [0.4, 0.5) is 17.1 Å². The first-order valence-electron chi connectivity index (χ1n) is 20.4. The lowest BCUT2D eigenvalue weighted by Gasteiger charge is -2.32. The molecule has 0 fully saturated rings.